The van der Waals surface area contributed by atoms with Crippen LogP contribution in [0.25, 0.3) is 11.4 Å². The second-order valence-electron chi connectivity index (χ2n) is 9.86. The number of para-hydroxylation sites is 1. The van der Waals surface area contributed by atoms with Crippen molar-refractivity contribution in [3.05, 3.63) is 95.4 Å². The van der Waals surface area contributed by atoms with Crippen LogP contribution in [-0.4, -0.2) is 33.3 Å². The van der Waals surface area contributed by atoms with Crippen molar-refractivity contribution in [3.63, 3.8) is 0 Å². The molecule has 5 rings (SSSR count). The fourth-order valence-electron chi connectivity index (χ4n) is 5.33. The van der Waals surface area contributed by atoms with Gasteiger partial charge in [-0.15, -0.1) is 0 Å². The highest BCUT2D eigenvalue weighted by Gasteiger charge is 2.31. The van der Waals surface area contributed by atoms with Crippen LogP contribution in [0.3, 0.4) is 0 Å². The zero-order valence-corrected chi connectivity index (χ0v) is 21.6. The summed E-state index contributed by atoms with van der Waals surface area (Å²) < 4.78 is 4.37. The molecule has 6 heteroatoms. The maximum atomic E-state index is 13.1. The molecule has 186 valence electrons. The van der Waals surface area contributed by atoms with Gasteiger partial charge in [0.2, 0.25) is 5.91 Å². The Morgan fingerprint density at radius 1 is 0.889 bits per heavy atom. The fourth-order valence-corrected chi connectivity index (χ4v) is 5.33. The van der Waals surface area contributed by atoms with Gasteiger partial charge in [-0.3, -0.25) is 4.79 Å². The Bertz CT molecular complexity index is 1310. The molecule has 0 aliphatic carbocycles. The number of benzene rings is 2. The van der Waals surface area contributed by atoms with Gasteiger partial charge in [0.05, 0.1) is 17.4 Å². The summed E-state index contributed by atoms with van der Waals surface area (Å²) in [5, 5.41) is 8.23. The molecule has 0 saturated carbocycles. The van der Waals surface area contributed by atoms with Crippen molar-refractivity contribution in [1.29, 1.82) is 0 Å². The summed E-state index contributed by atoms with van der Waals surface area (Å²) in [5.41, 5.74) is 6.67. The molecule has 1 saturated heterocycles. The van der Waals surface area contributed by atoms with E-state index in [1.807, 2.05) is 36.4 Å². The number of carbonyl (C=O) groups excluding carboxylic acids is 1. The van der Waals surface area contributed by atoms with E-state index in [0.29, 0.717) is 0 Å². The average molecular weight is 482 g/mol. The highest BCUT2D eigenvalue weighted by molar-refractivity contribution is 5.79. The number of hydrogen-bond donors (Lipinski definition) is 1. The first kappa shape index (κ1) is 23.9. The van der Waals surface area contributed by atoms with E-state index in [4.69, 9.17) is 5.10 Å². The molecular formula is C30H35N5O. The molecule has 1 aliphatic rings. The largest absolute Gasteiger partial charge is 0.355 e. The molecule has 3 heterocycles. The lowest BCUT2D eigenvalue weighted by atomic mass is 9.95. The normalized spacial score (nSPS) is 15.2. The molecule has 0 unspecified atom stereocenters. The molecule has 1 fully saturated rings. The number of aromatic nitrogens is 3. The lowest BCUT2D eigenvalue weighted by Crippen LogP contribution is -2.42. The maximum absolute atomic E-state index is 13.1. The molecule has 0 radical (unpaired) electrons. The van der Waals surface area contributed by atoms with Crippen LogP contribution in [-0.2, 0) is 4.79 Å². The molecule has 1 aliphatic heterocycles. The van der Waals surface area contributed by atoms with E-state index >= 15 is 0 Å². The molecule has 4 aromatic rings. The van der Waals surface area contributed by atoms with Crippen LogP contribution in [0.15, 0.2) is 72.8 Å². The topological polar surface area (TPSA) is 55.1 Å². The first-order valence-electron chi connectivity index (χ1n) is 12.8. The summed E-state index contributed by atoms with van der Waals surface area (Å²) in [6.45, 7) is 10.0. The second kappa shape index (κ2) is 10.1. The van der Waals surface area contributed by atoms with Gasteiger partial charge < -0.3 is 14.8 Å². The van der Waals surface area contributed by atoms with Crippen molar-refractivity contribution in [3.8, 4) is 11.4 Å². The number of anilines is 1. The minimum Gasteiger partial charge on any atom is -0.355 e. The summed E-state index contributed by atoms with van der Waals surface area (Å²) in [5.74, 6) is 1.26. The van der Waals surface area contributed by atoms with Crippen LogP contribution < -0.4 is 10.2 Å². The Morgan fingerprint density at radius 2 is 1.47 bits per heavy atom. The van der Waals surface area contributed by atoms with Gasteiger partial charge >= 0.3 is 0 Å². The van der Waals surface area contributed by atoms with E-state index in [9.17, 15) is 4.79 Å². The van der Waals surface area contributed by atoms with Gasteiger partial charge in [-0.1, -0.05) is 48.5 Å². The lowest BCUT2D eigenvalue weighted by molar-refractivity contribution is -0.126. The van der Waals surface area contributed by atoms with Gasteiger partial charge in [-0.25, -0.2) is 4.68 Å². The Balaban J connectivity index is 1.41. The minimum absolute atomic E-state index is 0.00480. The summed E-state index contributed by atoms with van der Waals surface area (Å²) in [6, 6.07) is 24.8. The first-order chi connectivity index (χ1) is 17.4. The molecular weight excluding hydrogens is 446 g/mol. The zero-order chi connectivity index (χ0) is 25.2. The molecule has 0 spiro atoms. The van der Waals surface area contributed by atoms with Crippen molar-refractivity contribution in [1.82, 2.24) is 19.7 Å². The van der Waals surface area contributed by atoms with Gasteiger partial charge in [0, 0.05) is 30.4 Å². The molecule has 1 N–H and O–H groups in total. The van der Waals surface area contributed by atoms with Crippen molar-refractivity contribution in [2.45, 2.75) is 46.6 Å². The number of nitrogens with one attached hydrogen (secondary N) is 1. The third-order valence-electron chi connectivity index (χ3n) is 7.32. The van der Waals surface area contributed by atoms with Crippen LogP contribution in [0.4, 0.5) is 5.82 Å². The van der Waals surface area contributed by atoms with Crippen LogP contribution >= 0.6 is 0 Å². The number of piperidine rings is 1. The van der Waals surface area contributed by atoms with E-state index in [1.54, 1.807) is 0 Å². The van der Waals surface area contributed by atoms with E-state index < -0.39 is 0 Å². The van der Waals surface area contributed by atoms with Gasteiger partial charge in [0.15, 0.2) is 5.82 Å². The van der Waals surface area contributed by atoms with Crippen molar-refractivity contribution < 1.29 is 4.79 Å². The van der Waals surface area contributed by atoms with Crippen molar-refractivity contribution >= 4 is 11.7 Å². The van der Waals surface area contributed by atoms with Crippen molar-refractivity contribution in [2.75, 3.05) is 18.0 Å². The first-order valence-corrected chi connectivity index (χ1v) is 12.8. The molecule has 1 atom stereocenters. The van der Waals surface area contributed by atoms with E-state index in [0.717, 1.165) is 54.4 Å². The van der Waals surface area contributed by atoms with E-state index in [1.165, 1.54) is 11.4 Å². The SMILES string of the molecule is Cc1nn(-c2ccccc2)c(N2CCC(C(=O)N[C@H](C)c3ccccc3)CC2)c1-n1c(C)ccc1C. The third-order valence-corrected chi connectivity index (χ3v) is 7.32. The summed E-state index contributed by atoms with van der Waals surface area (Å²) in [7, 11) is 0. The number of rotatable bonds is 6. The number of hydrogen-bond acceptors (Lipinski definition) is 3. The van der Waals surface area contributed by atoms with Crippen LogP contribution in [0, 0.1) is 26.7 Å². The fraction of sp³-hybridized carbons (Fsp3) is 0.333. The van der Waals surface area contributed by atoms with Crippen LogP contribution in [0.1, 0.15) is 48.5 Å². The summed E-state index contributed by atoms with van der Waals surface area (Å²) in [4.78, 5) is 15.5. The Hall–Kier alpha value is -3.80. The van der Waals surface area contributed by atoms with Gasteiger partial charge in [-0.05, 0) is 70.4 Å². The summed E-state index contributed by atoms with van der Waals surface area (Å²) >= 11 is 0. The van der Waals surface area contributed by atoms with Crippen molar-refractivity contribution in [2.24, 2.45) is 5.92 Å². The number of aryl methyl sites for hydroxylation is 3. The predicted molar refractivity (Wildman–Crippen MR) is 145 cm³/mol. The molecule has 0 bridgehead atoms. The van der Waals surface area contributed by atoms with E-state index in [2.05, 4.69) is 83.6 Å². The molecule has 1 amide bonds. The number of nitrogens with zero attached hydrogens (tertiary/aromatic N) is 4. The third kappa shape index (κ3) is 4.55. The molecule has 2 aromatic carbocycles. The van der Waals surface area contributed by atoms with Gasteiger partial charge in [0.25, 0.3) is 0 Å². The smallest absolute Gasteiger partial charge is 0.223 e. The number of amides is 1. The lowest BCUT2D eigenvalue weighted by Gasteiger charge is -2.34. The molecule has 36 heavy (non-hydrogen) atoms. The molecule has 6 nitrogen and oxygen atoms in total. The molecule has 2 aromatic heterocycles. The Labute approximate surface area is 213 Å². The predicted octanol–water partition coefficient (Wildman–Crippen LogP) is 5.68. The second-order valence-corrected chi connectivity index (χ2v) is 9.86. The minimum atomic E-state index is 0.00480. The zero-order valence-electron chi connectivity index (χ0n) is 21.6. The van der Waals surface area contributed by atoms with Gasteiger partial charge in [-0.2, -0.15) is 5.10 Å². The van der Waals surface area contributed by atoms with E-state index in [-0.39, 0.29) is 17.9 Å². The Morgan fingerprint density at radius 3 is 2.08 bits per heavy atom. The van der Waals surface area contributed by atoms with Gasteiger partial charge in [0.1, 0.15) is 5.69 Å². The maximum Gasteiger partial charge on any atom is 0.223 e. The Kier molecular flexibility index (Phi) is 6.68. The summed E-state index contributed by atoms with van der Waals surface area (Å²) in [6.07, 6.45) is 1.63. The monoisotopic (exact) mass is 481 g/mol. The standard InChI is InChI=1S/C30H35N5O/c1-21-15-16-22(2)34(21)28-24(4)32-35(27-13-9-6-10-14-27)30(28)33-19-17-26(18-20-33)29(36)31-23(3)25-11-7-5-8-12-25/h5-16,23,26H,17-20H2,1-4H3,(H,31,36)/t23-/m1/s1. The van der Waals surface area contributed by atoms with Crippen LogP contribution in [0.2, 0.25) is 0 Å². The average Bonchev–Trinajstić information content (AvgIpc) is 3.42. The number of carbonyl (C=O) groups is 1. The highest BCUT2D eigenvalue weighted by Crippen LogP contribution is 2.35. The van der Waals surface area contributed by atoms with Crippen LogP contribution in [0.5, 0.6) is 0 Å². The highest BCUT2D eigenvalue weighted by atomic mass is 16.1. The quantitative estimate of drug-likeness (QED) is 0.385.